The third kappa shape index (κ3) is 4.36. The molecule has 0 radical (unpaired) electrons. The second-order valence-corrected chi connectivity index (χ2v) is 5.45. The number of nitrogens with one attached hydrogen (secondary N) is 1. The molecule has 0 heterocycles. The van der Waals surface area contributed by atoms with Crippen LogP contribution in [0.15, 0.2) is 24.3 Å². The minimum atomic E-state index is -1.09. The number of nitrogens with zero attached hydrogens (tertiary/aromatic N) is 1. The topological polar surface area (TPSA) is 86.7 Å². The number of carboxylic acid groups (broad SMARTS) is 1. The van der Waals surface area contributed by atoms with Crippen LogP contribution in [0.1, 0.15) is 10.4 Å². The highest BCUT2D eigenvalue weighted by Crippen LogP contribution is 2.18. The molecule has 0 aliphatic rings. The van der Waals surface area contributed by atoms with Gasteiger partial charge < -0.3 is 10.4 Å². The molecular formula is C12H16N2O4S. The summed E-state index contributed by atoms with van der Waals surface area (Å²) in [5.41, 5.74) is 0.365. The summed E-state index contributed by atoms with van der Waals surface area (Å²) in [4.78, 5) is 24.1. The Morgan fingerprint density at radius 3 is 2.58 bits per heavy atom. The molecular weight excluding hydrogens is 268 g/mol. The first-order valence-electron chi connectivity index (χ1n) is 5.57. The van der Waals surface area contributed by atoms with Crippen molar-refractivity contribution in [3.63, 3.8) is 0 Å². The second kappa shape index (κ2) is 6.89. The quantitative estimate of drug-likeness (QED) is 0.841. The van der Waals surface area contributed by atoms with Crippen molar-refractivity contribution in [1.82, 2.24) is 5.32 Å². The Balaban J connectivity index is 2.77. The highest BCUT2D eigenvalue weighted by atomic mass is 32.2. The SMILES string of the molecule is CN(C(=O)NCCS(C)=O)c1ccccc1C(=O)O. The van der Waals surface area contributed by atoms with Gasteiger partial charge in [-0.15, -0.1) is 0 Å². The maximum Gasteiger partial charge on any atom is 0.337 e. The first-order chi connectivity index (χ1) is 8.93. The van der Waals surface area contributed by atoms with Gasteiger partial charge in [0.1, 0.15) is 0 Å². The van der Waals surface area contributed by atoms with Crippen LogP contribution in [0.2, 0.25) is 0 Å². The van der Waals surface area contributed by atoms with Gasteiger partial charge >= 0.3 is 12.0 Å². The van der Waals surface area contributed by atoms with Crippen molar-refractivity contribution in [2.24, 2.45) is 0 Å². The highest BCUT2D eigenvalue weighted by Gasteiger charge is 2.17. The predicted octanol–water partition coefficient (Wildman–Crippen LogP) is 0.909. The van der Waals surface area contributed by atoms with Crippen LogP contribution in [0.4, 0.5) is 10.5 Å². The smallest absolute Gasteiger partial charge is 0.337 e. The van der Waals surface area contributed by atoms with Gasteiger partial charge in [0.15, 0.2) is 0 Å². The molecule has 0 spiro atoms. The number of anilines is 1. The number of aromatic carboxylic acids is 1. The highest BCUT2D eigenvalue weighted by molar-refractivity contribution is 7.84. The lowest BCUT2D eigenvalue weighted by atomic mass is 10.1. The van der Waals surface area contributed by atoms with Crippen LogP contribution in [0.3, 0.4) is 0 Å². The summed E-state index contributed by atoms with van der Waals surface area (Å²) >= 11 is 0. The van der Waals surface area contributed by atoms with E-state index in [9.17, 15) is 13.8 Å². The zero-order chi connectivity index (χ0) is 14.4. The minimum Gasteiger partial charge on any atom is -0.478 e. The molecule has 6 nitrogen and oxygen atoms in total. The van der Waals surface area contributed by atoms with E-state index in [4.69, 9.17) is 5.11 Å². The average molecular weight is 284 g/mol. The maximum absolute atomic E-state index is 11.8. The summed E-state index contributed by atoms with van der Waals surface area (Å²) in [5.74, 6) is -0.731. The Morgan fingerprint density at radius 1 is 1.37 bits per heavy atom. The lowest BCUT2D eigenvalue weighted by Crippen LogP contribution is -2.39. The van der Waals surface area contributed by atoms with Gasteiger partial charge in [-0.25, -0.2) is 9.59 Å². The zero-order valence-electron chi connectivity index (χ0n) is 10.8. The molecule has 7 heteroatoms. The molecule has 1 aromatic rings. The standard InChI is InChI=1S/C12H16N2O4S/c1-14(12(17)13-7-8-19(2)18)10-6-4-3-5-9(10)11(15)16/h3-6H,7-8H2,1-2H3,(H,13,17)(H,15,16). The van der Waals surface area contributed by atoms with Gasteiger partial charge in [-0.3, -0.25) is 9.11 Å². The van der Waals surface area contributed by atoms with Crippen LogP contribution in [0.5, 0.6) is 0 Å². The van der Waals surface area contributed by atoms with E-state index in [0.717, 1.165) is 0 Å². The molecule has 1 unspecified atom stereocenters. The molecule has 0 saturated carbocycles. The van der Waals surface area contributed by atoms with Crippen LogP contribution in [-0.2, 0) is 10.8 Å². The summed E-state index contributed by atoms with van der Waals surface area (Å²) in [6, 6.07) is 5.81. The van der Waals surface area contributed by atoms with E-state index in [1.54, 1.807) is 24.5 Å². The van der Waals surface area contributed by atoms with E-state index >= 15 is 0 Å². The van der Waals surface area contributed by atoms with E-state index in [0.29, 0.717) is 11.4 Å². The monoisotopic (exact) mass is 284 g/mol. The van der Waals surface area contributed by atoms with Crippen molar-refractivity contribution in [2.75, 3.05) is 30.5 Å². The third-order valence-corrected chi connectivity index (χ3v) is 3.25. The van der Waals surface area contributed by atoms with Gasteiger partial charge in [0, 0.05) is 36.4 Å². The van der Waals surface area contributed by atoms with Crippen LogP contribution in [0, 0.1) is 0 Å². The Labute approximate surface area is 113 Å². The summed E-state index contributed by atoms with van der Waals surface area (Å²) in [7, 11) is 0.507. The molecule has 0 bridgehead atoms. The molecule has 2 amide bonds. The van der Waals surface area contributed by atoms with Crippen molar-refractivity contribution >= 4 is 28.5 Å². The Bertz CT molecular complexity index is 504. The zero-order valence-corrected chi connectivity index (χ0v) is 11.6. The van der Waals surface area contributed by atoms with Gasteiger partial charge in [0.25, 0.3) is 0 Å². The summed E-state index contributed by atoms with van der Waals surface area (Å²) in [6.45, 7) is 0.279. The fourth-order valence-corrected chi connectivity index (χ4v) is 1.87. The molecule has 0 aliphatic heterocycles. The molecule has 104 valence electrons. The third-order valence-electron chi connectivity index (χ3n) is 2.47. The summed E-state index contributed by atoms with van der Waals surface area (Å²) in [5, 5.41) is 11.6. The van der Waals surface area contributed by atoms with Gasteiger partial charge in [-0.05, 0) is 12.1 Å². The van der Waals surface area contributed by atoms with Crippen molar-refractivity contribution in [2.45, 2.75) is 0 Å². The molecule has 19 heavy (non-hydrogen) atoms. The minimum absolute atomic E-state index is 0.0548. The number of carbonyl (C=O) groups is 2. The van der Waals surface area contributed by atoms with Crippen LogP contribution >= 0.6 is 0 Å². The number of para-hydroxylation sites is 1. The number of benzene rings is 1. The number of hydrogen-bond donors (Lipinski definition) is 2. The Morgan fingerprint density at radius 2 is 2.00 bits per heavy atom. The number of carboxylic acids is 1. The molecule has 0 saturated heterocycles. The number of rotatable bonds is 5. The predicted molar refractivity (Wildman–Crippen MR) is 74.1 cm³/mol. The first-order valence-corrected chi connectivity index (χ1v) is 7.30. The average Bonchev–Trinajstić information content (AvgIpc) is 2.37. The van der Waals surface area contributed by atoms with Crippen molar-refractivity contribution < 1.29 is 18.9 Å². The molecule has 1 aromatic carbocycles. The van der Waals surface area contributed by atoms with Gasteiger partial charge in [-0.2, -0.15) is 0 Å². The fraction of sp³-hybridized carbons (Fsp3) is 0.333. The lowest BCUT2D eigenvalue weighted by molar-refractivity contribution is 0.0697. The largest absolute Gasteiger partial charge is 0.478 e. The van der Waals surface area contributed by atoms with E-state index in [1.165, 1.54) is 18.0 Å². The second-order valence-electron chi connectivity index (χ2n) is 3.89. The van der Waals surface area contributed by atoms with Crippen LogP contribution in [-0.4, -0.2) is 46.9 Å². The normalized spacial score (nSPS) is 11.7. The number of urea groups is 1. The molecule has 1 atom stereocenters. The summed E-state index contributed by atoms with van der Waals surface area (Å²) < 4.78 is 10.9. The van der Waals surface area contributed by atoms with Gasteiger partial charge in [-0.1, -0.05) is 12.1 Å². The number of amides is 2. The molecule has 0 aromatic heterocycles. The van der Waals surface area contributed by atoms with Crippen molar-refractivity contribution in [3.8, 4) is 0 Å². The Hall–Kier alpha value is -1.89. The number of hydrogen-bond acceptors (Lipinski definition) is 3. The Kier molecular flexibility index (Phi) is 5.50. The van der Waals surface area contributed by atoms with E-state index in [-0.39, 0.29) is 12.1 Å². The van der Waals surface area contributed by atoms with Crippen LogP contribution < -0.4 is 10.2 Å². The van der Waals surface area contributed by atoms with Crippen molar-refractivity contribution in [3.05, 3.63) is 29.8 Å². The molecule has 0 aliphatic carbocycles. The van der Waals surface area contributed by atoms with Crippen molar-refractivity contribution in [1.29, 1.82) is 0 Å². The van der Waals surface area contributed by atoms with Gasteiger partial charge in [0.05, 0.1) is 11.3 Å². The number of carbonyl (C=O) groups excluding carboxylic acids is 1. The van der Waals surface area contributed by atoms with Gasteiger partial charge in [0.2, 0.25) is 0 Å². The maximum atomic E-state index is 11.8. The lowest BCUT2D eigenvalue weighted by Gasteiger charge is -2.19. The fourth-order valence-electron chi connectivity index (χ4n) is 1.48. The summed E-state index contributed by atoms with van der Waals surface area (Å²) in [6.07, 6.45) is 1.55. The molecule has 2 N–H and O–H groups in total. The van der Waals surface area contributed by atoms with E-state index < -0.39 is 22.8 Å². The van der Waals surface area contributed by atoms with Crippen LogP contribution in [0.25, 0.3) is 0 Å². The molecule has 0 fully saturated rings. The molecule has 1 rings (SSSR count). The van der Waals surface area contributed by atoms with E-state index in [2.05, 4.69) is 5.32 Å². The first kappa shape index (κ1) is 15.2. The van der Waals surface area contributed by atoms with E-state index in [1.807, 2.05) is 0 Å².